The Morgan fingerprint density at radius 2 is 1.77 bits per heavy atom. The van der Waals surface area contributed by atoms with Gasteiger partial charge in [0, 0.05) is 39.0 Å². The summed E-state index contributed by atoms with van der Waals surface area (Å²) in [6.07, 6.45) is 0. The maximum Gasteiger partial charge on any atom is 0.213 e. The first kappa shape index (κ1) is 14.2. The lowest BCUT2D eigenvalue weighted by Crippen LogP contribution is -2.35. The van der Waals surface area contributed by atoms with Gasteiger partial charge >= 0.3 is 0 Å². The molecule has 5 rings (SSSR count). The molecule has 0 radical (unpaired) electrons. The van der Waals surface area contributed by atoms with Gasteiger partial charge in [0.1, 0.15) is 18.2 Å². The zero-order valence-electron chi connectivity index (χ0n) is 22.5. The number of furan rings is 1. The van der Waals surface area contributed by atoms with Crippen molar-refractivity contribution in [2.75, 3.05) is 0 Å². The Morgan fingerprint density at radius 1 is 0.968 bits per heavy atom. The molecule has 3 aromatic carbocycles. The molecule has 3 heteroatoms. The minimum atomic E-state index is -2.50. The van der Waals surface area contributed by atoms with Crippen molar-refractivity contribution >= 4 is 27.6 Å². The van der Waals surface area contributed by atoms with Crippen LogP contribution in [0.25, 0.3) is 49.2 Å². The summed E-state index contributed by atoms with van der Waals surface area (Å²) < 4.78 is 49.2. The van der Waals surface area contributed by atoms with Crippen LogP contribution in [0.15, 0.2) is 71.1 Å². The summed E-state index contributed by atoms with van der Waals surface area (Å²) in [6.45, 7) is 8.81. The Hall–Kier alpha value is -3.90. The van der Waals surface area contributed by atoms with Crippen molar-refractivity contribution in [3.05, 3.63) is 94.9 Å². The number of aromatic nitrogens is 1. The molecule has 150 valence electrons. The fraction of sp³-hybridized carbons (Fsp3) is 0.143. The molecule has 0 amide bonds. The number of hydrogen-bond acceptors (Lipinski definition) is 1. The standard InChI is InChI=1S/C28H23N2O/c1-17-11-15-23(30(5)19(17)3)25-18(2)12-16-24-27(25)21-13-14-22(29-4)26(28(21)31-24)20-9-7-6-8-10-20/h6-16H,1-3,5H3/q+1/i1D3,11D,15D. The topological polar surface area (TPSA) is 21.4 Å². The molecule has 0 aliphatic rings. The quantitative estimate of drug-likeness (QED) is 0.223. The average Bonchev–Trinajstić information content (AvgIpc) is 3.22. The van der Waals surface area contributed by atoms with E-state index >= 15 is 0 Å². The first-order valence-electron chi connectivity index (χ1n) is 12.5. The van der Waals surface area contributed by atoms with Crippen molar-refractivity contribution in [1.29, 1.82) is 0 Å². The first-order valence-corrected chi connectivity index (χ1v) is 9.98. The van der Waals surface area contributed by atoms with Gasteiger partial charge < -0.3 is 4.42 Å². The third kappa shape index (κ3) is 2.84. The lowest BCUT2D eigenvalue weighted by Gasteiger charge is -2.09. The Kier molecular flexibility index (Phi) is 3.25. The van der Waals surface area contributed by atoms with Crippen LogP contribution in [-0.4, -0.2) is 0 Å². The van der Waals surface area contributed by atoms with Crippen molar-refractivity contribution in [3.8, 4) is 22.4 Å². The third-order valence-corrected chi connectivity index (χ3v) is 5.92. The lowest BCUT2D eigenvalue weighted by atomic mass is 9.95. The number of fused-ring (bicyclic) bond motifs is 3. The van der Waals surface area contributed by atoms with Gasteiger partial charge in [-0.1, -0.05) is 48.5 Å². The van der Waals surface area contributed by atoms with Crippen molar-refractivity contribution in [1.82, 2.24) is 0 Å². The lowest BCUT2D eigenvalue weighted by molar-refractivity contribution is -0.667. The zero-order valence-corrected chi connectivity index (χ0v) is 17.5. The second-order valence-corrected chi connectivity index (χ2v) is 7.66. The summed E-state index contributed by atoms with van der Waals surface area (Å²) in [4.78, 5) is 3.73. The summed E-state index contributed by atoms with van der Waals surface area (Å²) in [7, 11) is 1.73. The average molecular weight is 409 g/mol. The van der Waals surface area contributed by atoms with E-state index in [1.54, 1.807) is 24.6 Å². The van der Waals surface area contributed by atoms with Crippen LogP contribution < -0.4 is 4.57 Å². The molecule has 2 heterocycles. The van der Waals surface area contributed by atoms with E-state index < -0.39 is 6.85 Å². The molecule has 0 atom stereocenters. The predicted molar refractivity (Wildman–Crippen MR) is 126 cm³/mol. The van der Waals surface area contributed by atoms with Crippen LogP contribution in [0.2, 0.25) is 0 Å². The molecular weight excluding hydrogens is 380 g/mol. The van der Waals surface area contributed by atoms with Crippen LogP contribution in [0.1, 0.15) is 23.7 Å². The molecule has 0 aliphatic carbocycles. The molecule has 0 spiro atoms. The normalized spacial score (nSPS) is 13.9. The Balaban J connectivity index is 1.95. The number of hydrogen-bond donors (Lipinski definition) is 0. The minimum absolute atomic E-state index is 0.117. The number of nitrogens with zero attached hydrogens (tertiary/aromatic N) is 2. The smallest absolute Gasteiger partial charge is 0.213 e. The van der Waals surface area contributed by atoms with Crippen LogP contribution in [0, 0.1) is 27.3 Å². The first-order chi connectivity index (χ1) is 17.1. The second kappa shape index (κ2) is 7.11. The van der Waals surface area contributed by atoms with E-state index in [-0.39, 0.29) is 17.6 Å². The van der Waals surface area contributed by atoms with Crippen LogP contribution in [0.4, 0.5) is 5.69 Å². The molecule has 0 N–H and O–H groups in total. The highest BCUT2D eigenvalue weighted by Crippen LogP contribution is 2.44. The van der Waals surface area contributed by atoms with Gasteiger partial charge in [0.25, 0.3) is 0 Å². The highest BCUT2D eigenvalue weighted by molar-refractivity contribution is 6.17. The largest absolute Gasteiger partial charge is 0.457 e. The molecule has 0 bridgehead atoms. The molecule has 0 fully saturated rings. The summed E-state index contributed by atoms with van der Waals surface area (Å²) in [5.74, 6) is 0. The van der Waals surface area contributed by atoms with Crippen molar-refractivity contribution < 1.29 is 15.8 Å². The van der Waals surface area contributed by atoms with E-state index in [1.165, 1.54) is 0 Å². The fourth-order valence-electron chi connectivity index (χ4n) is 4.17. The Bertz CT molecular complexity index is 1700. The van der Waals surface area contributed by atoms with Gasteiger partial charge in [-0.05, 0) is 37.0 Å². The maximum absolute atomic E-state index is 8.84. The number of benzene rings is 3. The fourth-order valence-corrected chi connectivity index (χ4v) is 4.17. The monoisotopic (exact) mass is 408 g/mol. The molecule has 3 nitrogen and oxygen atoms in total. The van der Waals surface area contributed by atoms with Crippen LogP contribution >= 0.6 is 0 Å². The second-order valence-electron chi connectivity index (χ2n) is 7.66. The predicted octanol–water partition coefficient (Wildman–Crippen LogP) is 7.22. The Morgan fingerprint density at radius 3 is 2.52 bits per heavy atom. The van der Waals surface area contributed by atoms with E-state index in [1.807, 2.05) is 55.5 Å². The van der Waals surface area contributed by atoms with Gasteiger partial charge in [-0.3, -0.25) is 0 Å². The van der Waals surface area contributed by atoms with Gasteiger partial charge in [0.15, 0.2) is 11.4 Å². The van der Waals surface area contributed by atoms with E-state index in [4.69, 9.17) is 17.8 Å². The molecule has 0 unspecified atom stereocenters. The molecular formula is C28H23N2O+. The van der Waals surface area contributed by atoms with Crippen molar-refractivity contribution in [3.63, 3.8) is 0 Å². The van der Waals surface area contributed by atoms with Crippen LogP contribution in [0.5, 0.6) is 0 Å². The molecule has 5 aromatic rings. The Labute approximate surface area is 189 Å². The SMILES string of the molecule is [2H]c1c([2H])c(-c2c(C)ccc3oc4c(-c5ccccc5)c([N+]#[C-])ccc4c23)[n+](C)c(C)c1C([2H])([2H])[2H]. The number of pyridine rings is 1. The number of aryl methyl sites for hydroxylation is 1. The van der Waals surface area contributed by atoms with Gasteiger partial charge in [0.2, 0.25) is 5.69 Å². The van der Waals surface area contributed by atoms with E-state index in [2.05, 4.69) is 4.85 Å². The zero-order chi connectivity index (χ0) is 25.9. The van der Waals surface area contributed by atoms with Crippen LogP contribution in [0.3, 0.4) is 0 Å². The summed E-state index contributed by atoms with van der Waals surface area (Å²) in [6, 6.07) is 16.6. The van der Waals surface area contributed by atoms with Crippen molar-refractivity contribution in [2.24, 2.45) is 7.05 Å². The molecule has 0 saturated carbocycles. The van der Waals surface area contributed by atoms with Gasteiger partial charge in [-0.25, -0.2) is 4.85 Å². The summed E-state index contributed by atoms with van der Waals surface area (Å²) in [5.41, 5.74) is 5.53. The molecule has 0 saturated heterocycles. The number of rotatable bonds is 2. The summed E-state index contributed by atoms with van der Waals surface area (Å²) in [5, 5.41) is 1.56. The van der Waals surface area contributed by atoms with E-state index in [0.717, 1.165) is 21.9 Å². The maximum atomic E-state index is 8.84. The molecule has 2 aromatic heterocycles. The molecule has 31 heavy (non-hydrogen) atoms. The highest BCUT2D eigenvalue weighted by atomic mass is 16.3. The third-order valence-electron chi connectivity index (χ3n) is 5.92. The molecule has 0 aliphatic heterocycles. The summed E-state index contributed by atoms with van der Waals surface area (Å²) >= 11 is 0. The van der Waals surface area contributed by atoms with Gasteiger partial charge in [-0.2, -0.15) is 4.57 Å². The van der Waals surface area contributed by atoms with Crippen LogP contribution in [-0.2, 0) is 7.05 Å². The van der Waals surface area contributed by atoms with Gasteiger partial charge in [0.05, 0.1) is 14.9 Å². The van der Waals surface area contributed by atoms with Gasteiger partial charge in [-0.15, -0.1) is 0 Å². The minimum Gasteiger partial charge on any atom is -0.457 e. The highest BCUT2D eigenvalue weighted by Gasteiger charge is 2.24. The van der Waals surface area contributed by atoms with E-state index in [9.17, 15) is 0 Å². The van der Waals surface area contributed by atoms with E-state index in [0.29, 0.717) is 39.4 Å². The van der Waals surface area contributed by atoms with Crippen molar-refractivity contribution in [2.45, 2.75) is 20.7 Å².